The van der Waals surface area contributed by atoms with E-state index in [1.807, 2.05) is 11.0 Å². The molecule has 108 valence electrons. The smallest absolute Gasteiger partial charge is 0.186 e. The van der Waals surface area contributed by atoms with Crippen molar-refractivity contribution in [1.29, 1.82) is 0 Å². The molecule has 5 rings (SSSR count). The third-order valence-electron chi connectivity index (χ3n) is 4.84. The highest BCUT2D eigenvalue weighted by atomic mass is 35.5. The number of rotatable bonds is 1. The van der Waals surface area contributed by atoms with Crippen molar-refractivity contribution in [3.8, 4) is 0 Å². The van der Waals surface area contributed by atoms with E-state index in [1.54, 1.807) is 6.07 Å². The molecule has 1 aromatic heterocycles. The summed E-state index contributed by atoms with van der Waals surface area (Å²) < 4.78 is 6.18. The average Bonchev–Trinajstić information content (AvgIpc) is 2.77. The van der Waals surface area contributed by atoms with Crippen LogP contribution in [0.4, 0.5) is 5.82 Å². The van der Waals surface area contributed by atoms with Crippen LogP contribution in [0.3, 0.4) is 0 Å². The molecule has 0 radical (unpaired) electrons. The first kappa shape index (κ1) is 12.8. The summed E-state index contributed by atoms with van der Waals surface area (Å²) >= 11 is 5.79. The number of nitrogens with zero attached hydrogens (tertiary/aromatic N) is 4. The second-order valence-electron chi connectivity index (χ2n) is 5.97. The van der Waals surface area contributed by atoms with Gasteiger partial charge in [-0.15, -0.1) is 10.2 Å². The molecule has 7 heteroatoms. The van der Waals surface area contributed by atoms with Gasteiger partial charge in [0.2, 0.25) is 0 Å². The lowest BCUT2D eigenvalue weighted by Gasteiger charge is -2.50. The Morgan fingerprint density at radius 2 is 2.05 bits per heavy atom. The Balaban J connectivity index is 1.60. The highest BCUT2D eigenvalue weighted by molar-refractivity contribution is 6.29. The zero-order valence-corrected chi connectivity index (χ0v) is 12.0. The summed E-state index contributed by atoms with van der Waals surface area (Å²) in [7, 11) is 0. The van der Waals surface area contributed by atoms with Gasteiger partial charge < -0.3 is 14.5 Å². The number of aromatic nitrogens is 2. The van der Waals surface area contributed by atoms with Crippen LogP contribution >= 0.6 is 11.6 Å². The Labute approximate surface area is 122 Å². The summed E-state index contributed by atoms with van der Waals surface area (Å²) in [5, 5.41) is 8.40. The summed E-state index contributed by atoms with van der Waals surface area (Å²) in [6.45, 7) is 4.13. The maximum Gasteiger partial charge on any atom is 0.186 e. The van der Waals surface area contributed by atoms with Gasteiger partial charge in [0.1, 0.15) is 5.60 Å². The molecule has 0 saturated carbocycles. The lowest BCUT2D eigenvalue weighted by molar-refractivity contribution is -0.137. The molecule has 1 spiro atoms. The van der Waals surface area contributed by atoms with E-state index in [2.05, 4.69) is 15.1 Å². The van der Waals surface area contributed by atoms with Gasteiger partial charge in [0, 0.05) is 6.54 Å². The molecular weight excluding hydrogens is 278 g/mol. The Hall–Kier alpha value is -0.950. The van der Waals surface area contributed by atoms with Gasteiger partial charge >= 0.3 is 0 Å². The molecule has 5 heterocycles. The summed E-state index contributed by atoms with van der Waals surface area (Å²) in [6, 6.07) is 3.58. The van der Waals surface area contributed by atoms with E-state index in [0.717, 1.165) is 18.9 Å². The molecule has 0 aliphatic carbocycles. The number of halogens is 1. The van der Waals surface area contributed by atoms with Crippen LogP contribution in [0.25, 0.3) is 0 Å². The lowest BCUT2D eigenvalue weighted by Crippen LogP contribution is -2.61. The minimum Gasteiger partial charge on any atom is -0.335 e. The fourth-order valence-corrected chi connectivity index (χ4v) is 3.93. The van der Waals surface area contributed by atoms with Crippen LogP contribution in [-0.4, -0.2) is 53.2 Å². The van der Waals surface area contributed by atoms with Gasteiger partial charge in [0.15, 0.2) is 17.3 Å². The van der Waals surface area contributed by atoms with Gasteiger partial charge in [0.25, 0.3) is 0 Å². The first-order valence-corrected chi connectivity index (χ1v) is 7.46. The van der Waals surface area contributed by atoms with Crippen molar-refractivity contribution in [2.24, 2.45) is 11.7 Å². The largest absolute Gasteiger partial charge is 0.335 e. The molecule has 2 bridgehead atoms. The highest BCUT2D eigenvalue weighted by Gasteiger charge is 2.54. The van der Waals surface area contributed by atoms with Gasteiger partial charge in [-0.2, -0.15) is 0 Å². The second kappa shape index (κ2) is 4.53. The first-order chi connectivity index (χ1) is 9.66. The molecule has 4 aliphatic rings. The van der Waals surface area contributed by atoms with E-state index in [-0.39, 0.29) is 5.60 Å². The number of anilines is 1. The van der Waals surface area contributed by atoms with Crippen molar-refractivity contribution in [2.45, 2.75) is 24.8 Å². The first-order valence-electron chi connectivity index (χ1n) is 7.08. The van der Waals surface area contributed by atoms with Gasteiger partial charge in [-0.05, 0) is 44.0 Å². The summed E-state index contributed by atoms with van der Waals surface area (Å²) in [6.07, 6.45) is 1.95. The minimum atomic E-state index is -0.453. The number of piperidine rings is 3. The quantitative estimate of drug-likeness (QED) is 0.821. The van der Waals surface area contributed by atoms with Crippen LogP contribution < -0.4 is 10.6 Å². The maximum absolute atomic E-state index is 6.18. The van der Waals surface area contributed by atoms with E-state index in [4.69, 9.17) is 22.1 Å². The summed E-state index contributed by atoms with van der Waals surface area (Å²) in [5.74, 6) is 1.33. The van der Waals surface area contributed by atoms with Crippen LogP contribution in [-0.2, 0) is 4.74 Å². The lowest BCUT2D eigenvalue weighted by atomic mass is 9.75. The molecule has 0 amide bonds. The molecule has 4 fully saturated rings. The molecule has 6 nitrogen and oxygen atoms in total. The topological polar surface area (TPSA) is 67.5 Å². The molecule has 4 aliphatic heterocycles. The van der Waals surface area contributed by atoms with Crippen molar-refractivity contribution >= 4 is 17.4 Å². The number of hydrogen-bond donors (Lipinski definition) is 1. The van der Waals surface area contributed by atoms with Gasteiger partial charge in [0.05, 0.1) is 6.54 Å². The standard InChI is InChI=1S/C13H18ClN5O/c14-10-1-2-11(17-16-10)19-8-13(20-12(19)15)7-18-5-3-9(13)4-6-18/h1-2,9,12H,3-8,15H2. The Bertz CT molecular complexity index is 504. The second-order valence-corrected chi connectivity index (χ2v) is 6.35. The number of hydrogen-bond acceptors (Lipinski definition) is 6. The molecule has 2 atom stereocenters. The van der Waals surface area contributed by atoms with Gasteiger partial charge in [-0.1, -0.05) is 11.6 Å². The van der Waals surface area contributed by atoms with Crippen LogP contribution in [0.5, 0.6) is 0 Å². The average molecular weight is 296 g/mol. The summed E-state index contributed by atoms with van der Waals surface area (Å²) in [5.41, 5.74) is 6.03. The summed E-state index contributed by atoms with van der Waals surface area (Å²) in [4.78, 5) is 4.47. The van der Waals surface area contributed by atoms with Crippen LogP contribution in [0.2, 0.25) is 5.15 Å². The van der Waals surface area contributed by atoms with Crippen molar-refractivity contribution < 1.29 is 4.74 Å². The van der Waals surface area contributed by atoms with E-state index in [9.17, 15) is 0 Å². The Kier molecular flexibility index (Phi) is 2.89. The van der Waals surface area contributed by atoms with Crippen LogP contribution in [0, 0.1) is 5.92 Å². The van der Waals surface area contributed by atoms with Gasteiger partial charge in [-0.25, -0.2) is 0 Å². The zero-order valence-electron chi connectivity index (χ0n) is 11.2. The fraction of sp³-hybridized carbons (Fsp3) is 0.692. The van der Waals surface area contributed by atoms with E-state index in [1.165, 1.54) is 25.9 Å². The molecule has 2 unspecified atom stereocenters. The minimum absolute atomic E-state index is 0.142. The number of fused-ring (bicyclic) bond motifs is 2. The third kappa shape index (κ3) is 1.90. The van der Waals surface area contributed by atoms with E-state index >= 15 is 0 Å². The fourth-order valence-electron chi connectivity index (χ4n) is 3.83. The van der Waals surface area contributed by atoms with E-state index < -0.39 is 6.35 Å². The van der Waals surface area contributed by atoms with Crippen LogP contribution in [0.15, 0.2) is 12.1 Å². The van der Waals surface area contributed by atoms with Crippen LogP contribution in [0.1, 0.15) is 12.8 Å². The Morgan fingerprint density at radius 3 is 2.65 bits per heavy atom. The zero-order chi connectivity index (χ0) is 13.7. The van der Waals surface area contributed by atoms with Crippen molar-refractivity contribution in [3.63, 3.8) is 0 Å². The number of ether oxygens (including phenoxy) is 1. The third-order valence-corrected chi connectivity index (χ3v) is 5.04. The van der Waals surface area contributed by atoms with Crippen molar-refractivity contribution in [2.75, 3.05) is 31.1 Å². The molecular formula is C13H18ClN5O. The predicted octanol–water partition coefficient (Wildman–Crippen LogP) is 0.673. The highest BCUT2D eigenvalue weighted by Crippen LogP contribution is 2.43. The number of nitrogens with two attached hydrogens (primary N) is 1. The normalized spacial score (nSPS) is 39.7. The Morgan fingerprint density at radius 1 is 1.25 bits per heavy atom. The van der Waals surface area contributed by atoms with Crippen molar-refractivity contribution in [3.05, 3.63) is 17.3 Å². The molecule has 0 aromatic carbocycles. The van der Waals surface area contributed by atoms with E-state index in [0.29, 0.717) is 11.1 Å². The molecule has 4 saturated heterocycles. The predicted molar refractivity (Wildman–Crippen MR) is 75.3 cm³/mol. The molecule has 1 aromatic rings. The van der Waals surface area contributed by atoms with Gasteiger partial charge in [-0.3, -0.25) is 5.73 Å². The van der Waals surface area contributed by atoms with Crippen molar-refractivity contribution in [1.82, 2.24) is 15.1 Å². The SMILES string of the molecule is NC1OC2(CN3CCC2CC3)CN1c1ccc(Cl)nn1. The monoisotopic (exact) mass is 295 g/mol. The molecule has 20 heavy (non-hydrogen) atoms. The maximum atomic E-state index is 6.18. The molecule has 2 N–H and O–H groups in total.